The average Bonchev–Trinajstić information content (AvgIpc) is 3.46. The van der Waals surface area contributed by atoms with Gasteiger partial charge in [0.2, 0.25) is 5.91 Å². The maximum Gasteiger partial charge on any atom is 0.307 e. The second-order valence-corrected chi connectivity index (χ2v) is 11.0. The van der Waals surface area contributed by atoms with Crippen molar-refractivity contribution in [2.75, 3.05) is 25.2 Å². The fourth-order valence-corrected chi connectivity index (χ4v) is 5.43. The number of thiazole rings is 1. The number of aromatic nitrogens is 1. The molecule has 36 heavy (non-hydrogen) atoms. The number of hydrogen-bond donors (Lipinski definition) is 1. The topological polar surface area (TPSA) is 89.0 Å². The molecule has 0 fully saturated rings. The Hall–Kier alpha value is -3.23. The van der Waals surface area contributed by atoms with Gasteiger partial charge < -0.3 is 14.6 Å². The number of aliphatic hydroxyl groups is 1. The molecule has 1 aromatic heterocycles. The summed E-state index contributed by atoms with van der Waals surface area (Å²) in [6.45, 7) is 5.58. The third kappa shape index (κ3) is 5.60. The van der Waals surface area contributed by atoms with Crippen molar-refractivity contribution < 1.29 is 24.2 Å². The summed E-state index contributed by atoms with van der Waals surface area (Å²) in [6, 6.07) is 15.4. The van der Waals surface area contributed by atoms with E-state index in [-0.39, 0.29) is 31.5 Å². The van der Waals surface area contributed by atoms with Gasteiger partial charge in [0.15, 0.2) is 5.13 Å². The number of benzene rings is 2. The number of esters is 1. The van der Waals surface area contributed by atoms with Gasteiger partial charge in [0.1, 0.15) is 18.0 Å². The monoisotopic (exact) mass is 508 g/mol. The Balaban J connectivity index is 1.61. The summed E-state index contributed by atoms with van der Waals surface area (Å²) >= 11 is 1.36. The summed E-state index contributed by atoms with van der Waals surface area (Å²) < 4.78 is 11.3. The lowest BCUT2D eigenvalue weighted by Crippen LogP contribution is -2.45. The molecule has 0 saturated carbocycles. The van der Waals surface area contributed by atoms with Gasteiger partial charge in [-0.05, 0) is 56.9 Å². The summed E-state index contributed by atoms with van der Waals surface area (Å²) in [5.74, 6) is 0.0761. The van der Waals surface area contributed by atoms with Crippen LogP contribution >= 0.6 is 11.3 Å². The standard InChI is InChI=1S/C28H32N2O5S/c1-27(2,3)35-24(32)17-28(15-19-9-5-6-10-20(19)16-28)25(33)30(4)26-29-22(18-36-26)21-11-7-8-12-23(21)34-14-13-31/h5-12,18,31H,13-17H2,1-4H3. The molecule has 0 atom stereocenters. The van der Waals surface area contributed by atoms with E-state index in [4.69, 9.17) is 19.6 Å². The molecule has 1 aliphatic rings. The Morgan fingerprint density at radius 1 is 1.08 bits per heavy atom. The number of aliphatic hydroxyl groups excluding tert-OH is 1. The first-order chi connectivity index (χ1) is 17.1. The number of rotatable bonds is 8. The SMILES string of the molecule is CN(C(=O)C1(CC(=O)OC(C)(C)C)Cc2ccccc2C1)c1nc(-c2ccccc2OCCO)cs1. The minimum Gasteiger partial charge on any atom is -0.490 e. The summed E-state index contributed by atoms with van der Waals surface area (Å²) in [5.41, 5.74) is 2.06. The van der Waals surface area contributed by atoms with Crippen LogP contribution in [0.5, 0.6) is 5.75 Å². The Kier molecular flexibility index (Phi) is 7.47. The van der Waals surface area contributed by atoms with Crippen LogP contribution in [0.1, 0.15) is 38.3 Å². The van der Waals surface area contributed by atoms with Crippen LogP contribution in [0.4, 0.5) is 5.13 Å². The minimum atomic E-state index is -0.936. The van der Waals surface area contributed by atoms with E-state index in [1.807, 2.05) is 74.7 Å². The highest BCUT2D eigenvalue weighted by Gasteiger charge is 2.48. The van der Waals surface area contributed by atoms with E-state index in [2.05, 4.69) is 0 Å². The van der Waals surface area contributed by atoms with E-state index >= 15 is 0 Å². The summed E-state index contributed by atoms with van der Waals surface area (Å²) in [5, 5.41) is 11.5. The third-order valence-electron chi connectivity index (χ3n) is 6.13. The van der Waals surface area contributed by atoms with Crippen LogP contribution in [0, 0.1) is 5.41 Å². The van der Waals surface area contributed by atoms with Gasteiger partial charge in [-0.25, -0.2) is 4.98 Å². The zero-order chi connectivity index (χ0) is 25.9. The van der Waals surface area contributed by atoms with Gasteiger partial charge in [0, 0.05) is 18.0 Å². The molecule has 0 spiro atoms. The largest absolute Gasteiger partial charge is 0.490 e. The minimum absolute atomic E-state index is 0.00180. The fraction of sp³-hybridized carbons (Fsp3) is 0.393. The molecule has 190 valence electrons. The predicted octanol–water partition coefficient (Wildman–Crippen LogP) is 4.66. The molecule has 1 amide bonds. The Bertz CT molecular complexity index is 1220. The number of hydrogen-bond acceptors (Lipinski definition) is 7. The number of ether oxygens (including phenoxy) is 2. The molecule has 0 aliphatic heterocycles. The molecule has 1 N–H and O–H groups in total. The van der Waals surface area contributed by atoms with Gasteiger partial charge in [-0.15, -0.1) is 11.3 Å². The Morgan fingerprint density at radius 3 is 2.36 bits per heavy atom. The second kappa shape index (κ2) is 10.4. The fourth-order valence-electron chi connectivity index (χ4n) is 4.64. The van der Waals surface area contributed by atoms with Crippen LogP contribution in [0.15, 0.2) is 53.9 Å². The van der Waals surface area contributed by atoms with Crippen molar-refractivity contribution in [1.82, 2.24) is 4.98 Å². The highest BCUT2D eigenvalue weighted by atomic mass is 32.1. The molecule has 1 heterocycles. The van der Waals surface area contributed by atoms with E-state index in [1.165, 1.54) is 11.3 Å². The van der Waals surface area contributed by atoms with Crippen LogP contribution < -0.4 is 9.64 Å². The maximum absolute atomic E-state index is 14.0. The van der Waals surface area contributed by atoms with E-state index in [1.54, 1.807) is 11.9 Å². The first kappa shape index (κ1) is 25.9. The first-order valence-corrected chi connectivity index (χ1v) is 12.9. The van der Waals surface area contributed by atoms with E-state index in [0.29, 0.717) is 29.4 Å². The molecule has 4 rings (SSSR count). The van der Waals surface area contributed by atoms with Gasteiger partial charge in [0.25, 0.3) is 0 Å². The van der Waals surface area contributed by atoms with E-state index in [9.17, 15) is 9.59 Å². The Morgan fingerprint density at radius 2 is 1.72 bits per heavy atom. The van der Waals surface area contributed by atoms with Crippen LogP contribution in [-0.2, 0) is 27.2 Å². The molecular weight excluding hydrogens is 476 g/mol. The second-order valence-electron chi connectivity index (χ2n) is 10.1. The average molecular weight is 509 g/mol. The van der Waals surface area contributed by atoms with Crippen molar-refractivity contribution in [3.63, 3.8) is 0 Å². The van der Waals surface area contributed by atoms with Crippen LogP contribution in [0.3, 0.4) is 0 Å². The molecule has 0 saturated heterocycles. The number of nitrogens with zero attached hydrogens (tertiary/aromatic N) is 2. The molecule has 3 aromatic rings. The molecule has 0 bridgehead atoms. The van der Waals surface area contributed by atoms with Gasteiger partial charge >= 0.3 is 5.97 Å². The normalized spacial score (nSPS) is 14.2. The molecule has 1 aliphatic carbocycles. The van der Waals surface area contributed by atoms with Crippen LogP contribution in [0.25, 0.3) is 11.3 Å². The number of anilines is 1. The summed E-state index contributed by atoms with van der Waals surface area (Å²) in [7, 11) is 1.71. The first-order valence-electron chi connectivity index (χ1n) is 12.0. The number of amides is 1. The molecule has 8 heteroatoms. The lowest BCUT2D eigenvalue weighted by Gasteiger charge is -2.31. The van der Waals surface area contributed by atoms with Crippen molar-refractivity contribution in [3.05, 3.63) is 65.0 Å². The molecule has 0 radical (unpaired) electrons. The van der Waals surface area contributed by atoms with Crippen molar-refractivity contribution in [2.24, 2.45) is 5.41 Å². The number of carbonyl (C=O) groups is 2. The van der Waals surface area contributed by atoms with Gasteiger partial charge in [-0.1, -0.05) is 36.4 Å². The molecule has 2 aromatic carbocycles. The molecule has 7 nitrogen and oxygen atoms in total. The van der Waals surface area contributed by atoms with Crippen molar-refractivity contribution in [2.45, 2.75) is 45.6 Å². The van der Waals surface area contributed by atoms with E-state index < -0.39 is 11.0 Å². The highest BCUT2D eigenvalue weighted by molar-refractivity contribution is 7.14. The van der Waals surface area contributed by atoms with Crippen molar-refractivity contribution in [1.29, 1.82) is 0 Å². The lowest BCUT2D eigenvalue weighted by atomic mass is 9.80. The molecule has 0 unspecified atom stereocenters. The van der Waals surface area contributed by atoms with Gasteiger partial charge in [0.05, 0.1) is 24.1 Å². The van der Waals surface area contributed by atoms with Crippen LogP contribution in [-0.4, -0.2) is 47.8 Å². The third-order valence-corrected chi connectivity index (χ3v) is 7.05. The van der Waals surface area contributed by atoms with Crippen molar-refractivity contribution >= 4 is 28.3 Å². The number of para-hydroxylation sites is 1. The lowest BCUT2D eigenvalue weighted by molar-refractivity contribution is -0.159. The number of fused-ring (bicyclic) bond motifs is 1. The van der Waals surface area contributed by atoms with E-state index in [0.717, 1.165) is 16.7 Å². The van der Waals surface area contributed by atoms with Crippen molar-refractivity contribution in [3.8, 4) is 17.0 Å². The van der Waals surface area contributed by atoms with Gasteiger partial charge in [-0.3, -0.25) is 14.5 Å². The zero-order valence-corrected chi connectivity index (χ0v) is 21.9. The maximum atomic E-state index is 14.0. The summed E-state index contributed by atoms with van der Waals surface area (Å²) in [6.07, 6.45) is 0.946. The molecular formula is C28H32N2O5S. The zero-order valence-electron chi connectivity index (χ0n) is 21.1. The smallest absolute Gasteiger partial charge is 0.307 e. The van der Waals surface area contributed by atoms with Crippen LogP contribution in [0.2, 0.25) is 0 Å². The number of carbonyl (C=O) groups excluding carboxylic acids is 2. The predicted molar refractivity (Wildman–Crippen MR) is 140 cm³/mol. The highest BCUT2D eigenvalue weighted by Crippen LogP contribution is 2.43. The quantitative estimate of drug-likeness (QED) is 0.445. The Labute approximate surface area is 215 Å². The van der Waals surface area contributed by atoms with Gasteiger partial charge in [-0.2, -0.15) is 0 Å². The summed E-state index contributed by atoms with van der Waals surface area (Å²) in [4.78, 5) is 33.2.